The van der Waals surface area contributed by atoms with Crippen LogP contribution in [-0.2, 0) is 14.2 Å². The Morgan fingerprint density at radius 1 is 1.41 bits per heavy atom. The van der Waals surface area contributed by atoms with E-state index in [1.807, 2.05) is 27.7 Å². The van der Waals surface area contributed by atoms with Crippen LogP contribution in [0.1, 0.15) is 27.7 Å². The first-order valence-electron chi connectivity index (χ1n) is 6.22. The van der Waals surface area contributed by atoms with Gasteiger partial charge in [-0.05, 0) is 27.7 Å². The van der Waals surface area contributed by atoms with Crippen molar-refractivity contribution in [2.75, 3.05) is 13.2 Å². The highest BCUT2D eigenvalue weighted by atomic mass is 19.1. The van der Waals surface area contributed by atoms with E-state index in [0.717, 1.165) is 0 Å². The minimum atomic E-state index is -1.46. The standard InChI is InChI=1S/C12H20FNO3/c1-7(2)17-8-5-16-12-9(8)15-6-11(12,13)10(3,4)14-12/h7-9,14H,5-6H2,1-4H3/t8-,9-,11?,12+/m1/s1. The lowest BCUT2D eigenvalue weighted by molar-refractivity contribution is -0.239. The van der Waals surface area contributed by atoms with Gasteiger partial charge < -0.3 is 14.2 Å². The minimum absolute atomic E-state index is 0.0790. The predicted molar refractivity (Wildman–Crippen MR) is 59.5 cm³/mol. The Balaban J connectivity index is 1.84. The summed E-state index contributed by atoms with van der Waals surface area (Å²) in [6.45, 7) is 8.06. The number of alkyl halides is 1. The van der Waals surface area contributed by atoms with Gasteiger partial charge in [-0.3, -0.25) is 5.32 Å². The molecule has 5 heteroatoms. The normalized spacial score (nSPS) is 51.2. The van der Waals surface area contributed by atoms with Gasteiger partial charge in [0.05, 0.1) is 24.9 Å². The van der Waals surface area contributed by atoms with E-state index in [-0.39, 0.29) is 24.9 Å². The fraction of sp³-hybridized carbons (Fsp3) is 1.00. The van der Waals surface area contributed by atoms with Crippen LogP contribution >= 0.6 is 0 Å². The topological polar surface area (TPSA) is 39.7 Å². The first-order chi connectivity index (χ1) is 7.82. The summed E-state index contributed by atoms with van der Waals surface area (Å²) in [5, 5.41) is 3.20. The molecular weight excluding hydrogens is 225 g/mol. The van der Waals surface area contributed by atoms with Crippen LogP contribution in [0.25, 0.3) is 0 Å². The summed E-state index contributed by atoms with van der Waals surface area (Å²) in [5.74, 6) is 0. The number of nitrogens with one attached hydrogen (secondary N) is 1. The first-order valence-corrected chi connectivity index (χ1v) is 6.22. The van der Waals surface area contributed by atoms with E-state index in [0.29, 0.717) is 6.61 Å². The van der Waals surface area contributed by atoms with Crippen molar-refractivity contribution in [1.82, 2.24) is 5.32 Å². The number of halogens is 1. The average molecular weight is 245 g/mol. The Morgan fingerprint density at radius 2 is 2.12 bits per heavy atom. The summed E-state index contributed by atoms with van der Waals surface area (Å²) in [5.41, 5.74) is -3.05. The molecule has 17 heavy (non-hydrogen) atoms. The molecule has 0 amide bonds. The summed E-state index contributed by atoms with van der Waals surface area (Å²) in [4.78, 5) is 0. The molecule has 0 aromatic rings. The molecule has 98 valence electrons. The molecule has 1 unspecified atom stereocenters. The van der Waals surface area contributed by atoms with Gasteiger partial charge in [0.25, 0.3) is 0 Å². The Bertz CT molecular complexity index is 349. The maximum Gasteiger partial charge on any atom is 0.196 e. The zero-order chi connectivity index (χ0) is 12.5. The van der Waals surface area contributed by atoms with E-state index in [4.69, 9.17) is 14.2 Å². The Hall–Kier alpha value is -0.230. The third-order valence-electron chi connectivity index (χ3n) is 4.20. The van der Waals surface area contributed by atoms with E-state index in [1.165, 1.54) is 0 Å². The van der Waals surface area contributed by atoms with E-state index < -0.39 is 16.9 Å². The third kappa shape index (κ3) is 1.21. The molecule has 0 aromatic carbocycles. The van der Waals surface area contributed by atoms with Crippen molar-refractivity contribution in [2.45, 2.75) is 62.9 Å². The van der Waals surface area contributed by atoms with E-state index >= 15 is 0 Å². The monoisotopic (exact) mass is 245 g/mol. The SMILES string of the molecule is CC(C)O[C@@H]1CO[C@]23NC(C)(C)C2(F)CO[C@H]13. The van der Waals surface area contributed by atoms with Crippen molar-refractivity contribution in [1.29, 1.82) is 0 Å². The number of rotatable bonds is 2. The van der Waals surface area contributed by atoms with Gasteiger partial charge in [-0.1, -0.05) is 0 Å². The van der Waals surface area contributed by atoms with Crippen LogP contribution in [-0.4, -0.2) is 48.5 Å². The van der Waals surface area contributed by atoms with Crippen LogP contribution in [0.2, 0.25) is 0 Å². The molecule has 0 bridgehead atoms. The lowest BCUT2D eigenvalue weighted by atomic mass is 9.67. The molecule has 0 radical (unpaired) electrons. The van der Waals surface area contributed by atoms with Gasteiger partial charge in [0.1, 0.15) is 12.2 Å². The van der Waals surface area contributed by atoms with Gasteiger partial charge in [-0.2, -0.15) is 0 Å². The average Bonchev–Trinajstić information content (AvgIpc) is 2.64. The highest BCUT2D eigenvalue weighted by molar-refractivity contribution is 5.31. The van der Waals surface area contributed by atoms with Crippen molar-refractivity contribution in [3.63, 3.8) is 0 Å². The molecule has 3 fully saturated rings. The van der Waals surface area contributed by atoms with Crippen molar-refractivity contribution in [3.05, 3.63) is 0 Å². The third-order valence-corrected chi connectivity index (χ3v) is 4.20. The summed E-state index contributed by atoms with van der Waals surface area (Å²) in [6, 6.07) is 0. The van der Waals surface area contributed by atoms with E-state index in [2.05, 4.69) is 5.32 Å². The largest absolute Gasteiger partial charge is 0.370 e. The quantitative estimate of drug-likeness (QED) is 0.787. The molecule has 3 aliphatic heterocycles. The van der Waals surface area contributed by atoms with Gasteiger partial charge in [0.15, 0.2) is 11.4 Å². The highest BCUT2D eigenvalue weighted by Crippen LogP contribution is 2.57. The summed E-state index contributed by atoms with van der Waals surface area (Å²) in [6.07, 6.45) is -0.441. The van der Waals surface area contributed by atoms with Gasteiger partial charge in [-0.25, -0.2) is 4.39 Å². The molecule has 3 rings (SSSR count). The molecule has 3 aliphatic rings. The molecule has 3 saturated heterocycles. The maximum atomic E-state index is 15.0. The number of ether oxygens (including phenoxy) is 3. The van der Waals surface area contributed by atoms with Crippen LogP contribution in [0.3, 0.4) is 0 Å². The highest BCUT2D eigenvalue weighted by Gasteiger charge is 2.82. The molecule has 3 heterocycles. The van der Waals surface area contributed by atoms with Crippen LogP contribution in [0.5, 0.6) is 0 Å². The molecule has 1 spiro atoms. The first kappa shape index (κ1) is 11.8. The predicted octanol–water partition coefficient (Wildman–Crippen LogP) is 0.995. The second-order valence-corrected chi connectivity index (χ2v) is 6.05. The molecular formula is C12H20FNO3. The Labute approximate surface area is 101 Å². The fourth-order valence-electron chi connectivity index (χ4n) is 3.33. The van der Waals surface area contributed by atoms with Gasteiger partial charge >= 0.3 is 0 Å². The zero-order valence-corrected chi connectivity index (χ0v) is 10.7. The Morgan fingerprint density at radius 3 is 2.71 bits per heavy atom. The second kappa shape index (κ2) is 3.20. The zero-order valence-electron chi connectivity index (χ0n) is 10.7. The van der Waals surface area contributed by atoms with Crippen molar-refractivity contribution >= 4 is 0 Å². The molecule has 4 atom stereocenters. The van der Waals surface area contributed by atoms with E-state index in [1.54, 1.807) is 0 Å². The lowest BCUT2D eigenvalue weighted by Crippen LogP contribution is -2.87. The van der Waals surface area contributed by atoms with Crippen LogP contribution in [0.15, 0.2) is 0 Å². The van der Waals surface area contributed by atoms with Crippen molar-refractivity contribution in [3.8, 4) is 0 Å². The summed E-state index contributed by atoms with van der Waals surface area (Å²) in [7, 11) is 0. The van der Waals surface area contributed by atoms with Crippen molar-refractivity contribution < 1.29 is 18.6 Å². The summed E-state index contributed by atoms with van der Waals surface area (Å²) < 4.78 is 32.0. The molecule has 0 aromatic heterocycles. The van der Waals surface area contributed by atoms with Crippen molar-refractivity contribution in [2.24, 2.45) is 0 Å². The smallest absolute Gasteiger partial charge is 0.196 e. The van der Waals surface area contributed by atoms with E-state index in [9.17, 15) is 4.39 Å². The maximum absolute atomic E-state index is 15.0. The molecule has 0 aliphatic carbocycles. The minimum Gasteiger partial charge on any atom is -0.370 e. The lowest BCUT2D eigenvalue weighted by Gasteiger charge is -2.59. The Kier molecular flexibility index (Phi) is 2.23. The summed E-state index contributed by atoms with van der Waals surface area (Å²) >= 11 is 0. The fourth-order valence-corrected chi connectivity index (χ4v) is 3.33. The molecule has 0 saturated carbocycles. The molecule has 4 nitrogen and oxygen atoms in total. The number of hydrogen-bond donors (Lipinski definition) is 1. The number of hydrogen-bond acceptors (Lipinski definition) is 4. The van der Waals surface area contributed by atoms with Gasteiger partial charge in [0.2, 0.25) is 0 Å². The molecule has 1 N–H and O–H groups in total. The van der Waals surface area contributed by atoms with Gasteiger partial charge in [-0.15, -0.1) is 0 Å². The van der Waals surface area contributed by atoms with Crippen LogP contribution in [0, 0.1) is 0 Å². The second-order valence-electron chi connectivity index (χ2n) is 6.05. The van der Waals surface area contributed by atoms with Gasteiger partial charge in [0, 0.05) is 0 Å². The van der Waals surface area contributed by atoms with Crippen LogP contribution in [0.4, 0.5) is 4.39 Å². The van der Waals surface area contributed by atoms with Crippen LogP contribution < -0.4 is 5.32 Å².